The van der Waals surface area contributed by atoms with Gasteiger partial charge < -0.3 is 4.52 Å². The van der Waals surface area contributed by atoms with E-state index in [0.717, 1.165) is 11.3 Å². The van der Waals surface area contributed by atoms with Crippen molar-refractivity contribution in [1.82, 2.24) is 5.27 Å². The number of hydrogen-bond acceptors (Lipinski definition) is 2. The first-order valence-electron chi connectivity index (χ1n) is 6.02. The molecule has 0 unspecified atom stereocenters. The van der Waals surface area contributed by atoms with Gasteiger partial charge in [0.2, 0.25) is 5.69 Å². The van der Waals surface area contributed by atoms with Crippen LogP contribution in [0.3, 0.4) is 0 Å². The molecule has 1 N–H and O–H groups in total. The van der Waals surface area contributed by atoms with Gasteiger partial charge in [-0.05, 0) is 19.1 Å². The topological polar surface area (TPSA) is 55.0 Å². The summed E-state index contributed by atoms with van der Waals surface area (Å²) in [6, 6.07) is 17.6. The van der Waals surface area contributed by atoms with Gasteiger partial charge in [-0.15, -0.1) is 0 Å². The van der Waals surface area contributed by atoms with Crippen molar-refractivity contribution < 1.29 is 9.20 Å². The Morgan fingerprint density at radius 3 is 2.37 bits per heavy atom. The average Bonchev–Trinajstić information content (AvgIpc) is 2.83. The first kappa shape index (κ1) is 11.5. The molecule has 1 aromatic heterocycles. The SMILES string of the molecule is Cc1ccc(-c2c(=N)o[n-][n+]2-c2ccccc2)cc1. The van der Waals surface area contributed by atoms with Crippen molar-refractivity contribution in [1.29, 1.82) is 5.41 Å². The molecule has 2 aromatic carbocycles. The third kappa shape index (κ3) is 2.08. The molecule has 0 aliphatic heterocycles. The smallest absolute Gasteiger partial charge is 0.274 e. The second-order valence-corrected chi connectivity index (χ2v) is 4.36. The van der Waals surface area contributed by atoms with Gasteiger partial charge in [0.05, 0.1) is 5.56 Å². The van der Waals surface area contributed by atoms with Crippen LogP contribution in [0.1, 0.15) is 5.56 Å². The van der Waals surface area contributed by atoms with Crippen molar-refractivity contribution in [3.05, 3.63) is 65.7 Å². The van der Waals surface area contributed by atoms with E-state index in [1.54, 1.807) is 4.68 Å². The van der Waals surface area contributed by atoms with Crippen molar-refractivity contribution in [2.45, 2.75) is 6.92 Å². The lowest BCUT2D eigenvalue weighted by atomic mass is 10.1. The van der Waals surface area contributed by atoms with Crippen LogP contribution < -0.4 is 15.5 Å². The molecule has 0 radical (unpaired) electrons. The molecule has 3 aromatic rings. The number of aryl methyl sites for hydroxylation is 1. The Hall–Kier alpha value is -2.62. The Labute approximate surface area is 110 Å². The summed E-state index contributed by atoms with van der Waals surface area (Å²) in [7, 11) is 0. The van der Waals surface area contributed by atoms with E-state index in [4.69, 9.17) is 9.93 Å². The van der Waals surface area contributed by atoms with E-state index >= 15 is 0 Å². The summed E-state index contributed by atoms with van der Waals surface area (Å²) >= 11 is 0. The van der Waals surface area contributed by atoms with Gasteiger partial charge in [0.1, 0.15) is 0 Å². The van der Waals surface area contributed by atoms with E-state index in [-0.39, 0.29) is 5.55 Å². The predicted octanol–water partition coefficient (Wildman–Crippen LogP) is 1.97. The van der Waals surface area contributed by atoms with Crippen molar-refractivity contribution in [3.8, 4) is 16.9 Å². The molecule has 0 fully saturated rings. The summed E-state index contributed by atoms with van der Waals surface area (Å²) in [5, 5.41) is 11.8. The third-order valence-electron chi connectivity index (χ3n) is 2.97. The lowest BCUT2D eigenvalue weighted by Crippen LogP contribution is -2.37. The zero-order valence-electron chi connectivity index (χ0n) is 10.5. The van der Waals surface area contributed by atoms with Gasteiger partial charge in [-0.3, -0.25) is 5.41 Å². The van der Waals surface area contributed by atoms with Crippen molar-refractivity contribution >= 4 is 0 Å². The van der Waals surface area contributed by atoms with Crippen LogP contribution in [0.5, 0.6) is 0 Å². The molecule has 94 valence electrons. The Morgan fingerprint density at radius 1 is 1.00 bits per heavy atom. The minimum atomic E-state index is 0.0627. The summed E-state index contributed by atoms with van der Waals surface area (Å²) in [5.41, 5.74) is 3.69. The van der Waals surface area contributed by atoms with E-state index in [9.17, 15) is 0 Å². The number of nitrogens with one attached hydrogen (secondary N) is 1. The predicted molar refractivity (Wildman–Crippen MR) is 69.6 cm³/mol. The van der Waals surface area contributed by atoms with E-state index in [0.29, 0.717) is 5.69 Å². The zero-order valence-corrected chi connectivity index (χ0v) is 10.5. The summed E-state index contributed by atoms with van der Waals surface area (Å²) in [6.45, 7) is 2.03. The largest absolute Gasteiger partial charge is 0.486 e. The van der Waals surface area contributed by atoms with E-state index in [2.05, 4.69) is 5.27 Å². The molecule has 0 atom stereocenters. The molecule has 0 bridgehead atoms. The lowest BCUT2D eigenvalue weighted by molar-refractivity contribution is -0.666. The molecule has 0 saturated heterocycles. The molecule has 3 rings (SSSR count). The molecule has 0 aliphatic carbocycles. The number of nitrogens with zero attached hydrogens (tertiary/aromatic N) is 2. The highest BCUT2D eigenvalue weighted by atomic mass is 16.5. The number of aromatic nitrogens is 2. The zero-order chi connectivity index (χ0) is 13.2. The second kappa shape index (κ2) is 4.57. The van der Waals surface area contributed by atoms with Crippen LogP contribution in [-0.2, 0) is 0 Å². The Bertz CT molecular complexity index is 739. The molecular formula is C15H13N3O. The molecule has 0 aliphatic rings. The van der Waals surface area contributed by atoms with Crippen LogP contribution in [0.4, 0.5) is 0 Å². The lowest BCUT2D eigenvalue weighted by Gasteiger charge is -2.01. The maximum absolute atomic E-state index is 7.88. The van der Waals surface area contributed by atoms with Crippen LogP contribution >= 0.6 is 0 Å². The van der Waals surface area contributed by atoms with E-state index < -0.39 is 0 Å². The highest BCUT2D eigenvalue weighted by molar-refractivity contribution is 5.55. The van der Waals surface area contributed by atoms with Gasteiger partial charge in [-0.25, -0.2) is 5.27 Å². The van der Waals surface area contributed by atoms with Gasteiger partial charge in [-0.2, -0.15) is 4.68 Å². The van der Waals surface area contributed by atoms with Gasteiger partial charge in [-0.1, -0.05) is 35.9 Å². The first-order chi connectivity index (χ1) is 9.25. The van der Waals surface area contributed by atoms with Gasteiger partial charge in [0.25, 0.3) is 11.2 Å². The monoisotopic (exact) mass is 251 g/mol. The highest BCUT2D eigenvalue weighted by Crippen LogP contribution is 2.13. The van der Waals surface area contributed by atoms with Crippen LogP contribution in [0.2, 0.25) is 0 Å². The number of para-hydroxylation sites is 1. The summed E-state index contributed by atoms with van der Waals surface area (Å²) in [5.74, 6) is 0. The molecule has 4 nitrogen and oxygen atoms in total. The Balaban J connectivity index is 2.19. The highest BCUT2D eigenvalue weighted by Gasteiger charge is 2.16. The fraction of sp³-hybridized carbons (Fsp3) is 0.0667. The molecule has 19 heavy (non-hydrogen) atoms. The van der Waals surface area contributed by atoms with E-state index in [1.165, 1.54) is 5.56 Å². The normalized spacial score (nSPS) is 10.6. The molecule has 0 spiro atoms. The number of rotatable bonds is 2. The van der Waals surface area contributed by atoms with Crippen molar-refractivity contribution in [2.24, 2.45) is 0 Å². The maximum Gasteiger partial charge on any atom is 0.274 e. The van der Waals surface area contributed by atoms with Crippen LogP contribution in [0.25, 0.3) is 16.9 Å². The Morgan fingerprint density at radius 2 is 1.68 bits per heavy atom. The second-order valence-electron chi connectivity index (χ2n) is 4.36. The average molecular weight is 251 g/mol. The van der Waals surface area contributed by atoms with Crippen LogP contribution in [0.15, 0.2) is 59.1 Å². The van der Waals surface area contributed by atoms with Gasteiger partial charge in [0.15, 0.2) is 0 Å². The maximum atomic E-state index is 7.88. The molecular weight excluding hydrogens is 238 g/mol. The van der Waals surface area contributed by atoms with E-state index in [1.807, 2.05) is 61.5 Å². The summed E-state index contributed by atoms with van der Waals surface area (Å²) in [4.78, 5) is 0. The minimum Gasteiger partial charge on any atom is -0.486 e. The van der Waals surface area contributed by atoms with Gasteiger partial charge >= 0.3 is 0 Å². The standard InChI is InChI=1S/C15H13N3O/c1-11-7-9-12(10-8-11)14-15(16)19-17-18(14)13-5-3-2-4-6-13/h2-10,16H,1H3. The van der Waals surface area contributed by atoms with Crippen LogP contribution in [0, 0.1) is 12.3 Å². The Kier molecular flexibility index (Phi) is 2.76. The summed E-state index contributed by atoms with van der Waals surface area (Å²) in [6.07, 6.45) is 0. The number of benzene rings is 2. The summed E-state index contributed by atoms with van der Waals surface area (Å²) < 4.78 is 6.66. The van der Waals surface area contributed by atoms with Crippen molar-refractivity contribution in [2.75, 3.05) is 0 Å². The van der Waals surface area contributed by atoms with Crippen LogP contribution in [-0.4, -0.2) is 0 Å². The molecule has 1 heterocycles. The van der Waals surface area contributed by atoms with Crippen molar-refractivity contribution in [3.63, 3.8) is 0 Å². The molecule has 0 saturated carbocycles. The third-order valence-corrected chi connectivity index (χ3v) is 2.97. The molecule has 0 amide bonds. The number of hydrogen-bond donors (Lipinski definition) is 1. The van der Waals surface area contributed by atoms with Gasteiger partial charge in [0, 0.05) is 12.1 Å². The quantitative estimate of drug-likeness (QED) is 0.708. The fourth-order valence-electron chi connectivity index (χ4n) is 1.97. The fourth-order valence-corrected chi connectivity index (χ4v) is 1.97. The first-order valence-corrected chi connectivity index (χ1v) is 6.02. The minimum absolute atomic E-state index is 0.0627. The molecule has 4 heteroatoms.